The minimum atomic E-state index is -0.275. The molecule has 7 aromatic rings. The lowest BCUT2D eigenvalue weighted by atomic mass is 9.97. The Hall–Kier alpha value is -5.35. The van der Waals surface area contributed by atoms with Crippen LogP contribution in [-0.2, 0) is 35.6 Å². The first-order valence-electron chi connectivity index (χ1n) is 22.3. The van der Waals surface area contributed by atoms with Gasteiger partial charge in [0.15, 0.2) is 11.6 Å². The normalized spacial score (nSPS) is 15.7. The zero-order valence-corrected chi connectivity index (χ0v) is 39.3. The van der Waals surface area contributed by atoms with Gasteiger partial charge in [-0.1, -0.05) is 29.3 Å². The first kappa shape index (κ1) is 44.8. The van der Waals surface area contributed by atoms with E-state index in [4.69, 9.17) is 42.5 Å². The molecule has 2 aliphatic rings. The van der Waals surface area contributed by atoms with Crippen LogP contribution in [0.3, 0.4) is 0 Å². The number of fused-ring (bicyclic) bond motifs is 4. The van der Waals surface area contributed by atoms with Gasteiger partial charge in [0.25, 0.3) is 5.91 Å². The first-order chi connectivity index (χ1) is 31.4. The number of morpholine rings is 1. The molecule has 340 valence electrons. The van der Waals surface area contributed by atoms with E-state index in [0.717, 1.165) is 111 Å². The molecule has 0 spiro atoms. The Morgan fingerprint density at radius 2 is 1.66 bits per heavy atom. The molecule has 0 unspecified atom stereocenters. The molecular weight excluding hydrogens is 866 g/mol. The van der Waals surface area contributed by atoms with Gasteiger partial charge in [-0.25, -0.2) is 15.0 Å². The van der Waals surface area contributed by atoms with Gasteiger partial charge in [-0.2, -0.15) is 5.10 Å². The quantitative estimate of drug-likeness (QED) is 0.0997. The largest absolute Gasteiger partial charge is 0.494 e. The molecule has 4 aromatic heterocycles. The summed E-state index contributed by atoms with van der Waals surface area (Å²) in [6.07, 6.45) is 5.08. The van der Waals surface area contributed by atoms with Crippen LogP contribution in [0.25, 0.3) is 44.3 Å². The third-order valence-corrected chi connectivity index (χ3v) is 13.7. The SMILES string of the molecule is COCCn1cnc(-c2ccc3c(c2)c(N2C[C@@H](C)n4c(c(CCCOc5cc(C)c(Cl)c(C)c5)c5ccc(Cl)c(-c6c(C)nc(CO)nc6C)c54)C2=O)cn3CCN2CCOCC2)n1. The van der Waals surface area contributed by atoms with Crippen molar-refractivity contribution in [3.8, 4) is 28.3 Å². The summed E-state index contributed by atoms with van der Waals surface area (Å²) in [7, 11) is 1.67. The molecule has 9 rings (SSSR count). The number of ether oxygens (including phenoxy) is 3. The highest BCUT2D eigenvalue weighted by atomic mass is 35.5. The van der Waals surface area contributed by atoms with Crippen molar-refractivity contribution < 1.29 is 24.1 Å². The van der Waals surface area contributed by atoms with Crippen LogP contribution in [-0.4, -0.2) is 109 Å². The Morgan fingerprint density at radius 3 is 2.38 bits per heavy atom. The van der Waals surface area contributed by atoms with Crippen molar-refractivity contribution in [3.63, 3.8) is 0 Å². The number of hydrogen-bond acceptors (Lipinski definition) is 10. The second kappa shape index (κ2) is 18.9. The average molecular weight is 921 g/mol. The highest BCUT2D eigenvalue weighted by molar-refractivity contribution is 6.35. The number of methoxy groups -OCH3 is 1. The fourth-order valence-electron chi connectivity index (χ4n) is 9.63. The molecule has 0 bridgehead atoms. The number of carbonyl (C=O) groups is 1. The lowest BCUT2D eigenvalue weighted by molar-refractivity contribution is 0.0365. The van der Waals surface area contributed by atoms with Crippen LogP contribution in [0.5, 0.6) is 5.75 Å². The van der Waals surface area contributed by atoms with Crippen LogP contribution in [0.4, 0.5) is 5.69 Å². The number of rotatable bonds is 15. The molecule has 1 saturated heterocycles. The van der Waals surface area contributed by atoms with Crippen LogP contribution < -0.4 is 9.64 Å². The molecule has 65 heavy (non-hydrogen) atoms. The van der Waals surface area contributed by atoms with Gasteiger partial charge < -0.3 is 33.4 Å². The van der Waals surface area contributed by atoms with Crippen LogP contribution >= 0.6 is 23.2 Å². The Labute approximate surface area is 388 Å². The molecule has 1 atom stereocenters. The number of nitrogens with zero attached hydrogens (tertiary/aromatic N) is 9. The Bertz CT molecular complexity index is 2870. The monoisotopic (exact) mass is 919 g/mol. The number of hydrogen-bond donors (Lipinski definition) is 1. The molecule has 0 saturated carbocycles. The van der Waals surface area contributed by atoms with Gasteiger partial charge >= 0.3 is 0 Å². The molecule has 14 nitrogen and oxygen atoms in total. The van der Waals surface area contributed by atoms with Crippen molar-refractivity contribution in [2.45, 2.75) is 73.2 Å². The highest BCUT2D eigenvalue weighted by Gasteiger charge is 2.38. The number of anilines is 1. The number of aromatic nitrogens is 7. The fraction of sp³-hybridized carbons (Fsp3) is 0.408. The lowest BCUT2D eigenvalue weighted by Crippen LogP contribution is -2.42. The van der Waals surface area contributed by atoms with Crippen LogP contribution in [0, 0.1) is 27.7 Å². The maximum Gasteiger partial charge on any atom is 0.275 e. The van der Waals surface area contributed by atoms with Gasteiger partial charge in [0.1, 0.15) is 24.4 Å². The molecule has 6 heterocycles. The van der Waals surface area contributed by atoms with E-state index in [1.165, 1.54) is 0 Å². The molecule has 1 fully saturated rings. The standard InChI is InChI=1S/C49H55Cl2N9O5/c1-29-22-35(23-30(2)45(29)51)65-18-7-8-36-37-10-11-39(50)44(43-32(4)53-42(27-61)54-33(43)5)46(37)60-31(3)25-59(49(62)47(36)60)41-26-57(14-13-56-15-20-64-21-16-56)40-12-9-34(24-38(40)41)48-52-28-58(55-48)17-19-63-6/h9-12,22-24,26,28,31,61H,7-8,13-21,25,27H2,1-6H3/t31-/m1/s1. The predicted molar refractivity (Wildman–Crippen MR) is 255 cm³/mol. The Balaban J connectivity index is 1.16. The van der Waals surface area contributed by atoms with Crippen LogP contribution in [0.15, 0.2) is 55.0 Å². The van der Waals surface area contributed by atoms with Crippen molar-refractivity contribution in [3.05, 3.63) is 105 Å². The zero-order chi connectivity index (χ0) is 45.5. The molecule has 0 radical (unpaired) electrons. The Morgan fingerprint density at radius 1 is 0.908 bits per heavy atom. The maximum atomic E-state index is 15.7. The van der Waals surface area contributed by atoms with Gasteiger partial charge in [-0.15, -0.1) is 0 Å². The smallest absolute Gasteiger partial charge is 0.275 e. The summed E-state index contributed by atoms with van der Waals surface area (Å²) >= 11 is 13.7. The van der Waals surface area contributed by atoms with E-state index in [-0.39, 0.29) is 18.6 Å². The number of halogens is 2. The van der Waals surface area contributed by atoms with Crippen LogP contribution in [0.2, 0.25) is 10.0 Å². The number of carbonyl (C=O) groups excluding carboxylic acids is 1. The summed E-state index contributed by atoms with van der Waals surface area (Å²) in [4.78, 5) is 34.0. The topological polar surface area (TPSA) is 138 Å². The summed E-state index contributed by atoms with van der Waals surface area (Å²) in [6.45, 7) is 16.4. The van der Waals surface area contributed by atoms with E-state index in [2.05, 4.69) is 60.3 Å². The van der Waals surface area contributed by atoms with E-state index in [0.29, 0.717) is 72.9 Å². The second-order valence-corrected chi connectivity index (χ2v) is 18.0. The molecule has 2 aliphatic heterocycles. The summed E-state index contributed by atoms with van der Waals surface area (Å²) in [6, 6.07) is 14.0. The van der Waals surface area contributed by atoms with Gasteiger partial charge in [0, 0.05) is 95.9 Å². The van der Waals surface area contributed by atoms with E-state index >= 15 is 4.79 Å². The molecule has 0 aliphatic carbocycles. The van der Waals surface area contributed by atoms with E-state index in [9.17, 15) is 5.11 Å². The number of aliphatic hydroxyl groups is 1. The number of aryl methyl sites for hydroxylation is 5. The second-order valence-electron chi connectivity index (χ2n) is 17.2. The van der Waals surface area contributed by atoms with Crippen LogP contribution in [0.1, 0.15) is 63.8 Å². The van der Waals surface area contributed by atoms with Crippen molar-refractivity contribution in [1.82, 2.24) is 38.8 Å². The van der Waals surface area contributed by atoms with Crippen molar-refractivity contribution in [2.75, 3.05) is 64.6 Å². The van der Waals surface area contributed by atoms with Gasteiger partial charge in [0.2, 0.25) is 0 Å². The summed E-state index contributed by atoms with van der Waals surface area (Å²) in [5.41, 5.74) is 10.0. The molecular formula is C49H55Cl2N9O5. The first-order valence-corrected chi connectivity index (χ1v) is 23.0. The summed E-state index contributed by atoms with van der Waals surface area (Å²) in [5, 5.41) is 17.9. The van der Waals surface area contributed by atoms with Gasteiger partial charge in [-0.05, 0) is 101 Å². The maximum absolute atomic E-state index is 15.7. The van der Waals surface area contributed by atoms with Crippen molar-refractivity contribution in [2.24, 2.45) is 0 Å². The summed E-state index contributed by atoms with van der Waals surface area (Å²) in [5.74, 6) is 1.61. The summed E-state index contributed by atoms with van der Waals surface area (Å²) < 4.78 is 23.5. The van der Waals surface area contributed by atoms with E-state index in [1.54, 1.807) is 18.1 Å². The number of benzene rings is 3. The molecule has 1 N–H and O–H groups in total. The fourth-order valence-corrected chi connectivity index (χ4v) is 9.99. The average Bonchev–Trinajstić information content (AvgIpc) is 4.02. The highest BCUT2D eigenvalue weighted by Crippen LogP contribution is 2.46. The zero-order valence-electron chi connectivity index (χ0n) is 37.8. The third-order valence-electron chi connectivity index (χ3n) is 12.7. The van der Waals surface area contributed by atoms with Crippen molar-refractivity contribution in [1.29, 1.82) is 0 Å². The van der Waals surface area contributed by atoms with Crippen molar-refractivity contribution >= 4 is 56.6 Å². The Kier molecular flexibility index (Phi) is 13.0. The van der Waals surface area contributed by atoms with E-state index < -0.39 is 0 Å². The van der Waals surface area contributed by atoms with E-state index in [1.807, 2.05) is 56.9 Å². The molecule has 16 heteroatoms. The number of aliphatic hydroxyl groups excluding tert-OH is 1. The molecule has 3 aromatic carbocycles. The predicted octanol–water partition coefficient (Wildman–Crippen LogP) is 8.56. The minimum Gasteiger partial charge on any atom is -0.494 e. The van der Waals surface area contributed by atoms with Gasteiger partial charge in [-0.3, -0.25) is 14.4 Å². The molecule has 1 amide bonds. The third kappa shape index (κ3) is 8.63. The minimum absolute atomic E-state index is 0.0961. The number of amides is 1. The van der Waals surface area contributed by atoms with Gasteiger partial charge in [0.05, 0.1) is 54.7 Å². The lowest BCUT2D eigenvalue weighted by Gasteiger charge is -2.34.